The Balaban J connectivity index is 1.53. The van der Waals surface area contributed by atoms with Gasteiger partial charge in [0.2, 0.25) is 5.91 Å². The highest BCUT2D eigenvalue weighted by atomic mass is 35.5. The molecule has 0 radical (unpaired) electrons. The number of carbonyl (C=O) groups excluding carboxylic acids is 1. The molecule has 4 rings (SSSR count). The van der Waals surface area contributed by atoms with Gasteiger partial charge in [0.05, 0.1) is 30.3 Å². The zero-order valence-corrected chi connectivity index (χ0v) is 17.9. The lowest BCUT2D eigenvalue weighted by Crippen LogP contribution is -2.53. The van der Waals surface area contributed by atoms with Gasteiger partial charge in [-0.25, -0.2) is 20.2 Å². The quantitative estimate of drug-likeness (QED) is 0.439. The third kappa shape index (κ3) is 4.51. The van der Waals surface area contributed by atoms with E-state index in [2.05, 4.69) is 20.6 Å². The maximum atomic E-state index is 14.6. The predicted octanol–water partition coefficient (Wildman–Crippen LogP) is 1.20. The number of amides is 1. The Kier molecular flexibility index (Phi) is 6.40. The van der Waals surface area contributed by atoms with Crippen molar-refractivity contribution in [3.63, 3.8) is 0 Å². The molecule has 1 aromatic rings. The van der Waals surface area contributed by atoms with Crippen molar-refractivity contribution in [2.24, 2.45) is 5.84 Å². The molecule has 166 valence electrons. The number of halogens is 2. The van der Waals surface area contributed by atoms with Gasteiger partial charge in [-0.05, 0) is 18.9 Å². The summed E-state index contributed by atoms with van der Waals surface area (Å²) < 4.78 is 19.6. The van der Waals surface area contributed by atoms with Crippen molar-refractivity contribution < 1.29 is 13.9 Å². The van der Waals surface area contributed by atoms with E-state index >= 15 is 0 Å². The third-order valence-corrected chi connectivity index (χ3v) is 5.79. The molecule has 2 atom stereocenters. The van der Waals surface area contributed by atoms with Crippen LogP contribution in [0.5, 0.6) is 0 Å². The van der Waals surface area contributed by atoms with Gasteiger partial charge in [0.25, 0.3) is 0 Å². The molecule has 1 fully saturated rings. The third-order valence-electron chi connectivity index (χ3n) is 5.57. The number of rotatable bonds is 6. The molecule has 0 aromatic carbocycles. The highest BCUT2D eigenvalue weighted by molar-refractivity contribution is 6.31. The van der Waals surface area contributed by atoms with Gasteiger partial charge in [0.15, 0.2) is 17.5 Å². The fourth-order valence-corrected chi connectivity index (χ4v) is 4.12. The molecule has 1 amide bonds. The molecule has 3 aliphatic rings. The van der Waals surface area contributed by atoms with Crippen LogP contribution in [-0.2, 0) is 9.53 Å². The minimum Gasteiger partial charge on any atom is -0.384 e. The minimum atomic E-state index is -0.620. The Hall–Kier alpha value is -2.69. The first kappa shape index (κ1) is 21.5. The van der Waals surface area contributed by atoms with Crippen LogP contribution in [0.25, 0.3) is 5.57 Å². The van der Waals surface area contributed by atoms with E-state index in [-0.39, 0.29) is 23.9 Å². The summed E-state index contributed by atoms with van der Waals surface area (Å²) in [6.07, 6.45) is 8.05. The van der Waals surface area contributed by atoms with Crippen molar-refractivity contribution in [3.05, 3.63) is 46.9 Å². The number of ether oxygens (including phenoxy) is 1. The highest BCUT2D eigenvalue weighted by Gasteiger charge is 2.31. The summed E-state index contributed by atoms with van der Waals surface area (Å²) in [5.41, 5.74) is 1.57. The molecular weight excluding hydrogens is 425 g/mol. The van der Waals surface area contributed by atoms with Crippen molar-refractivity contribution >= 4 is 28.9 Å². The van der Waals surface area contributed by atoms with E-state index in [1.165, 1.54) is 5.01 Å². The second-order valence-electron chi connectivity index (χ2n) is 7.60. The zero-order chi connectivity index (χ0) is 22.0. The van der Waals surface area contributed by atoms with E-state index < -0.39 is 5.82 Å². The molecule has 0 aliphatic carbocycles. The number of carbonyl (C=O) groups is 1. The number of piperidine rings is 1. The van der Waals surface area contributed by atoms with E-state index in [9.17, 15) is 9.18 Å². The topological polar surface area (TPSA) is 109 Å². The number of hydrazine groups is 1. The smallest absolute Gasteiger partial charge is 0.224 e. The van der Waals surface area contributed by atoms with Crippen molar-refractivity contribution in [1.82, 2.24) is 25.5 Å². The molecule has 4 N–H and O–H groups in total. The molecule has 1 aromatic heterocycles. The van der Waals surface area contributed by atoms with Crippen LogP contribution in [0.2, 0.25) is 0 Å². The summed E-state index contributed by atoms with van der Waals surface area (Å²) in [5, 5.41) is 8.16. The lowest BCUT2D eigenvalue weighted by Gasteiger charge is -2.37. The van der Waals surface area contributed by atoms with Crippen LogP contribution in [0.3, 0.4) is 0 Å². The molecule has 9 nitrogen and oxygen atoms in total. The molecule has 1 unspecified atom stereocenters. The van der Waals surface area contributed by atoms with Gasteiger partial charge in [0.1, 0.15) is 6.17 Å². The van der Waals surface area contributed by atoms with Gasteiger partial charge in [-0.15, -0.1) is 0 Å². The number of fused-ring (bicyclic) bond motifs is 1. The monoisotopic (exact) mass is 449 g/mol. The van der Waals surface area contributed by atoms with E-state index in [4.69, 9.17) is 22.2 Å². The van der Waals surface area contributed by atoms with Gasteiger partial charge >= 0.3 is 0 Å². The van der Waals surface area contributed by atoms with Crippen LogP contribution in [-0.4, -0.2) is 59.8 Å². The second-order valence-corrected chi connectivity index (χ2v) is 8.04. The van der Waals surface area contributed by atoms with Crippen LogP contribution in [0.4, 0.5) is 10.2 Å². The number of aromatic nitrogens is 2. The Morgan fingerprint density at radius 1 is 1.45 bits per heavy atom. The second kappa shape index (κ2) is 9.21. The SMILES string of the molecule is COCCC(=O)N1CCC[C@@H](N(N)c2nc(C3=CNC4NC=C(Cl)C=C34)ncc2F)C1. The van der Waals surface area contributed by atoms with Crippen LogP contribution < -0.4 is 21.5 Å². The first-order valence-corrected chi connectivity index (χ1v) is 10.5. The lowest BCUT2D eigenvalue weighted by molar-refractivity contribution is -0.133. The molecule has 11 heteroatoms. The maximum Gasteiger partial charge on any atom is 0.224 e. The number of nitrogens with one attached hydrogen (secondary N) is 2. The van der Waals surface area contributed by atoms with Crippen LogP contribution >= 0.6 is 11.6 Å². The van der Waals surface area contributed by atoms with Crippen molar-refractivity contribution in [1.29, 1.82) is 0 Å². The lowest BCUT2D eigenvalue weighted by atomic mass is 10.0. The summed E-state index contributed by atoms with van der Waals surface area (Å²) in [4.78, 5) is 22.7. The predicted molar refractivity (Wildman–Crippen MR) is 115 cm³/mol. The number of nitrogens with zero attached hydrogens (tertiary/aromatic N) is 4. The normalized spacial score (nSPS) is 22.6. The standard InChI is InChI=1S/C20H25ClFN7O2/c1-31-6-4-17(30)28-5-2-3-13(11-28)29(23)20-16(22)10-26-19(27-20)15-9-25-18-14(15)7-12(21)8-24-18/h7-10,13,18,24-25H,2-6,11,23H2,1H3/t13-,18?/m1/s1. The summed E-state index contributed by atoms with van der Waals surface area (Å²) in [6, 6.07) is -0.256. The summed E-state index contributed by atoms with van der Waals surface area (Å²) in [7, 11) is 1.56. The first-order valence-electron chi connectivity index (χ1n) is 10.1. The number of anilines is 1. The van der Waals surface area contributed by atoms with Gasteiger partial charge < -0.3 is 20.3 Å². The summed E-state index contributed by atoms with van der Waals surface area (Å²) in [6.45, 7) is 1.42. The Morgan fingerprint density at radius 2 is 2.26 bits per heavy atom. The van der Waals surface area contributed by atoms with Gasteiger partial charge in [-0.3, -0.25) is 9.80 Å². The van der Waals surface area contributed by atoms with E-state index in [1.807, 2.05) is 6.08 Å². The molecule has 3 aliphatic heterocycles. The minimum absolute atomic E-state index is 0.00121. The highest BCUT2D eigenvalue weighted by Crippen LogP contribution is 2.32. The summed E-state index contributed by atoms with van der Waals surface area (Å²) in [5.74, 6) is 6.02. The Bertz CT molecular complexity index is 951. The van der Waals surface area contributed by atoms with E-state index in [0.717, 1.165) is 24.6 Å². The molecule has 4 heterocycles. The number of dihydropyridines is 1. The number of nitrogens with two attached hydrogens (primary N) is 1. The van der Waals surface area contributed by atoms with Crippen molar-refractivity contribution in [2.75, 3.05) is 31.8 Å². The van der Waals surface area contributed by atoms with E-state index in [0.29, 0.717) is 42.5 Å². The largest absolute Gasteiger partial charge is 0.384 e. The van der Waals surface area contributed by atoms with Crippen molar-refractivity contribution in [2.45, 2.75) is 31.5 Å². The number of hydrogen-bond donors (Lipinski definition) is 3. The van der Waals surface area contributed by atoms with Gasteiger partial charge in [-0.2, -0.15) is 0 Å². The molecule has 0 saturated carbocycles. The molecule has 0 spiro atoms. The molecule has 1 saturated heterocycles. The van der Waals surface area contributed by atoms with Gasteiger partial charge in [-0.1, -0.05) is 11.6 Å². The average molecular weight is 450 g/mol. The number of allylic oxidation sites excluding steroid dienone is 2. The van der Waals surface area contributed by atoms with E-state index in [1.54, 1.807) is 24.4 Å². The summed E-state index contributed by atoms with van der Waals surface area (Å²) >= 11 is 6.11. The first-order chi connectivity index (χ1) is 15.0. The fraction of sp³-hybridized carbons (Fsp3) is 0.450. The van der Waals surface area contributed by atoms with Crippen LogP contribution in [0, 0.1) is 5.82 Å². The number of methoxy groups -OCH3 is 1. The fourth-order valence-electron chi connectivity index (χ4n) is 3.94. The Morgan fingerprint density at radius 3 is 3.06 bits per heavy atom. The number of likely N-dealkylation sites (tertiary alicyclic amines) is 1. The van der Waals surface area contributed by atoms with Crippen LogP contribution in [0.1, 0.15) is 25.1 Å². The maximum absolute atomic E-state index is 14.6. The Labute approximate surface area is 184 Å². The molecule has 31 heavy (non-hydrogen) atoms. The van der Waals surface area contributed by atoms with Crippen molar-refractivity contribution in [3.8, 4) is 0 Å². The average Bonchev–Trinajstić information content (AvgIpc) is 3.20. The van der Waals surface area contributed by atoms with Crippen LogP contribution in [0.15, 0.2) is 35.3 Å². The zero-order valence-electron chi connectivity index (χ0n) is 17.1. The van der Waals surface area contributed by atoms with Gasteiger partial charge in [0, 0.05) is 43.7 Å². The molecule has 0 bridgehead atoms. The number of hydrogen-bond acceptors (Lipinski definition) is 8. The molecular formula is C20H25ClFN7O2.